The van der Waals surface area contributed by atoms with Gasteiger partial charge in [-0.25, -0.2) is 0 Å². The van der Waals surface area contributed by atoms with Crippen LogP contribution < -0.4 is 4.90 Å². The maximum atomic E-state index is 12.2. The predicted octanol–water partition coefficient (Wildman–Crippen LogP) is 3.77. The average Bonchev–Trinajstić information content (AvgIpc) is 2.75. The number of hydrogen-bond acceptors (Lipinski definition) is 3. The Kier molecular flexibility index (Phi) is 5.28. The number of methoxy groups -OCH3 is 1. The Morgan fingerprint density at radius 2 is 1.96 bits per heavy atom. The number of amides is 1. The first-order valence-electron chi connectivity index (χ1n) is 8.32. The normalized spacial score (nSPS) is 14.4. The molecule has 0 N–H and O–H groups in total. The molecule has 4 nitrogen and oxygen atoms in total. The Bertz CT molecular complexity index is 727. The molecular weight excluding hydrogens is 302 g/mol. The fourth-order valence-electron chi connectivity index (χ4n) is 3.08. The Labute approximate surface area is 143 Å². The average molecular weight is 325 g/mol. The zero-order valence-electron chi connectivity index (χ0n) is 14.2. The first kappa shape index (κ1) is 16.7. The van der Waals surface area contributed by atoms with E-state index in [4.69, 9.17) is 9.47 Å². The van der Waals surface area contributed by atoms with Crippen molar-refractivity contribution in [2.24, 2.45) is 0 Å². The molecule has 2 aromatic rings. The summed E-state index contributed by atoms with van der Waals surface area (Å²) in [5.41, 5.74) is 5.44. The molecule has 0 unspecified atom stereocenters. The molecule has 1 aliphatic rings. The summed E-state index contributed by atoms with van der Waals surface area (Å²) in [6.45, 7) is 4.01. The molecule has 126 valence electrons. The van der Waals surface area contributed by atoms with Crippen LogP contribution in [0.5, 0.6) is 0 Å². The molecule has 0 saturated carbocycles. The van der Waals surface area contributed by atoms with E-state index in [9.17, 15) is 4.79 Å². The fourth-order valence-corrected chi connectivity index (χ4v) is 3.08. The van der Waals surface area contributed by atoms with Gasteiger partial charge in [0, 0.05) is 24.9 Å². The number of benzene rings is 2. The zero-order valence-corrected chi connectivity index (χ0v) is 14.2. The number of carbonyl (C=O) groups is 1. The van der Waals surface area contributed by atoms with Crippen molar-refractivity contribution in [3.05, 3.63) is 53.6 Å². The highest BCUT2D eigenvalue weighted by Gasteiger charge is 2.22. The maximum Gasteiger partial charge on any atom is 0.252 e. The van der Waals surface area contributed by atoms with Crippen LogP contribution in [-0.4, -0.2) is 26.2 Å². The van der Waals surface area contributed by atoms with Gasteiger partial charge in [0.1, 0.15) is 6.61 Å². The highest BCUT2D eigenvalue weighted by Crippen LogP contribution is 2.30. The summed E-state index contributed by atoms with van der Waals surface area (Å²) in [7, 11) is 1.70. The summed E-state index contributed by atoms with van der Waals surface area (Å²) in [4.78, 5) is 14.1. The number of anilines is 1. The Hall–Kier alpha value is -2.17. The van der Waals surface area contributed by atoms with Crippen molar-refractivity contribution in [2.45, 2.75) is 26.6 Å². The number of fused-ring (bicyclic) bond motifs is 1. The Morgan fingerprint density at radius 3 is 2.75 bits per heavy atom. The van der Waals surface area contributed by atoms with Crippen LogP contribution in [-0.2, 0) is 27.5 Å². The lowest BCUT2D eigenvalue weighted by Gasteiger charge is -2.22. The van der Waals surface area contributed by atoms with Gasteiger partial charge in [-0.3, -0.25) is 4.79 Å². The molecule has 0 aromatic heterocycles. The van der Waals surface area contributed by atoms with Crippen LogP contribution in [0.4, 0.5) is 5.69 Å². The smallest absolute Gasteiger partial charge is 0.252 e. The minimum Gasteiger partial charge on any atom is -0.380 e. The summed E-state index contributed by atoms with van der Waals surface area (Å²) in [6, 6.07) is 14.6. The van der Waals surface area contributed by atoms with Crippen LogP contribution in [0, 0.1) is 0 Å². The molecule has 2 aromatic carbocycles. The minimum absolute atomic E-state index is 0.0328. The molecule has 0 bridgehead atoms. The summed E-state index contributed by atoms with van der Waals surface area (Å²) in [6.07, 6.45) is 0.923. The van der Waals surface area contributed by atoms with Crippen molar-refractivity contribution in [3.63, 3.8) is 0 Å². The van der Waals surface area contributed by atoms with Crippen molar-refractivity contribution in [2.75, 3.05) is 25.2 Å². The third-order valence-electron chi connectivity index (χ3n) is 4.17. The van der Waals surface area contributed by atoms with E-state index in [1.54, 1.807) is 7.11 Å². The van der Waals surface area contributed by atoms with Crippen molar-refractivity contribution in [1.29, 1.82) is 0 Å². The number of ether oxygens (including phenoxy) is 2. The van der Waals surface area contributed by atoms with Crippen LogP contribution >= 0.6 is 0 Å². The fraction of sp³-hybridized carbons (Fsp3) is 0.350. The highest BCUT2D eigenvalue weighted by molar-refractivity contribution is 5.96. The second-order valence-corrected chi connectivity index (χ2v) is 6.02. The maximum absolute atomic E-state index is 12.2. The third-order valence-corrected chi connectivity index (χ3v) is 4.17. The quantitative estimate of drug-likeness (QED) is 0.840. The van der Waals surface area contributed by atoms with E-state index in [1.807, 2.05) is 17.0 Å². The van der Waals surface area contributed by atoms with Crippen LogP contribution in [0.15, 0.2) is 42.5 Å². The number of rotatable bonds is 5. The van der Waals surface area contributed by atoms with E-state index in [0.717, 1.165) is 40.9 Å². The molecule has 0 fully saturated rings. The van der Waals surface area contributed by atoms with Gasteiger partial charge < -0.3 is 14.4 Å². The van der Waals surface area contributed by atoms with Crippen LogP contribution in [0.3, 0.4) is 0 Å². The molecule has 4 heteroatoms. The van der Waals surface area contributed by atoms with Gasteiger partial charge in [-0.1, -0.05) is 31.2 Å². The van der Waals surface area contributed by atoms with Gasteiger partial charge in [0.25, 0.3) is 5.91 Å². The number of hydrogen-bond donors (Lipinski definition) is 0. The minimum atomic E-state index is 0.0328. The lowest BCUT2D eigenvalue weighted by molar-refractivity contribution is -0.123. The van der Waals surface area contributed by atoms with Crippen LogP contribution in [0.1, 0.15) is 24.5 Å². The van der Waals surface area contributed by atoms with E-state index in [1.165, 1.54) is 0 Å². The highest BCUT2D eigenvalue weighted by atomic mass is 16.5. The summed E-state index contributed by atoms with van der Waals surface area (Å²) >= 11 is 0. The summed E-state index contributed by atoms with van der Waals surface area (Å²) in [5, 5.41) is 0. The van der Waals surface area contributed by atoms with Gasteiger partial charge >= 0.3 is 0 Å². The van der Waals surface area contributed by atoms with E-state index < -0.39 is 0 Å². The monoisotopic (exact) mass is 325 g/mol. The molecule has 3 rings (SSSR count). The molecule has 1 heterocycles. The van der Waals surface area contributed by atoms with Crippen molar-refractivity contribution < 1.29 is 14.3 Å². The van der Waals surface area contributed by atoms with Gasteiger partial charge in [-0.15, -0.1) is 0 Å². The SMILES string of the molecule is CCCN1C(=O)COCc2cc(-c3cccc(COC)c3)ccc21. The molecule has 0 aliphatic carbocycles. The van der Waals surface area contributed by atoms with E-state index >= 15 is 0 Å². The summed E-state index contributed by atoms with van der Waals surface area (Å²) < 4.78 is 10.8. The molecule has 0 atom stereocenters. The predicted molar refractivity (Wildman–Crippen MR) is 94.9 cm³/mol. The third kappa shape index (κ3) is 3.50. The van der Waals surface area contributed by atoms with E-state index in [-0.39, 0.29) is 12.5 Å². The molecule has 1 amide bonds. The molecule has 24 heavy (non-hydrogen) atoms. The van der Waals surface area contributed by atoms with Crippen LogP contribution in [0.2, 0.25) is 0 Å². The van der Waals surface area contributed by atoms with Gasteiger partial charge in [-0.2, -0.15) is 0 Å². The second kappa shape index (κ2) is 7.60. The van der Waals surface area contributed by atoms with Crippen molar-refractivity contribution >= 4 is 11.6 Å². The van der Waals surface area contributed by atoms with Crippen LogP contribution in [0.25, 0.3) is 11.1 Å². The Balaban J connectivity index is 1.97. The number of carbonyl (C=O) groups excluding carboxylic acids is 1. The van der Waals surface area contributed by atoms with Crippen molar-refractivity contribution in [3.8, 4) is 11.1 Å². The largest absolute Gasteiger partial charge is 0.380 e. The molecule has 0 saturated heterocycles. The molecular formula is C20H23NO3. The molecule has 0 spiro atoms. The van der Waals surface area contributed by atoms with Gasteiger partial charge in [-0.05, 0) is 41.3 Å². The van der Waals surface area contributed by atoms with E-state index in [0.29, 0.717) is 13.2 Å². The summed E-state index contributed by atoms with van der Waals surface area (Å²) in [5.74, 6) is 0.0328. The lowest BCUT2D eigenvalue weighted by Crippen LogP contribution is -2.33. The van der Waals surface area contributed by atoms with E-state index in [2.05, 4.69) is 37.3 Å². The zero-order chi connectivity index (χ0) is 16.9. The van der Waals surface area contributed by atoms with Crippen molar-refractivity contribution in [1.82, 2.24) is 0 Å². The number of nitrogens with zero attached hydrogens (tertiary/aromatic N) is 1. The standard InChI is InChI=1S/C20H23NO3/c1-3-9-21-19-8-7-17(11-18(19)13-24-14-20(21)22)16-6-4-5-15(10-16)12-23-2/h4-8,10-11H,3,9,12-14H2,1-2H3. The lowest BCUT2D eigenvalue weighted by atomic mass is 10.00. The molecule has 0 radical (unpaired) electrons. The first-order chi connectivity index (χ1) is 11.7. The van der Waals surface area contributed by atoms with Gasteiger partial charge in [0.2, 0.25) is 0 Å². The topological polar surface area (TPSA) is 38.8 Å². The van der Waals surface area contributed by atoms with Gasteiger partial charge in [0.15, 0.2) is 0 Å². The second-order valence-electron chi connectivity index (χ2n) is 6.02. The van der Waals surface area contributed by atoms with Gasteiger partial charge in [0.05, 0.1) is 13.2 Å². The molecule has 1 aliphatic heterocycles. The Morgan fingerprint density at radius 1 is 1.12 bits per heavy atom. The first-order valence-corrected chi connectivity index (χ1v) is 8.32.